The molecule has 4 heterocycles. The molecule has 2 aromatic carbocycles. The Hall–Kier alpha value is -3.07. The predicted octanol–water partition coefficient (Wildman–Crippen LogP) is 3.25. The Labute approximate surface area is 202 Å². The topological polar surface area (TPSA) is 92.1 Å². The van der Waals surface area contributed by atoms with E-state index in [1.165, 1.54) is 0 Å². The van der Waals surface area contributed by atoms with Crippen LogP contribution in [-0.2, 0) is 0 Å². The summed E-state index contributed by atoms with van der Waals surface area (Å²) in [4.78, 5) is 29.3. The SMILES string of the molecule is CN1CCN(c2ccc3[nH]c(-c4c(NC5CCNC5)c5cc(Cl)ccc5[nH]c4=O)nc3c2)CC1. The molecule has 1 atom stereocenters. The van der Waals surface area contributed by atoms with Gasteiger partial charge in [-0.15, -0.1) is 0 Å². The smallest absolute Gasteiger partial charge is 0.261 e. The molecule has 34 heavy (non-hydrogen) atoms. The van der Waals surface area contributed by atoms with Crippen molar-refractivity contribution in [3.63, 3.8) is 0 Å². The number of imidazole rings is 1. The van der Waals surface area contributed by atoms with Crippen LogP contribution in [0, 0.1) is 0 Å². The molecule has 1 unspecified atom stereocenters. The van der Waals surface area contributed by atoms with Crippen molar-refractivity contribution in [2.45, 2.75) is 12.5 Å². The number of hydrogen-bond acceptors (Lipinski definition) is 6. The predicted molar refractivity (Wildman–Crippen MR) is 139 cm³/mol. The molecule has 6 rings (SSSR count). The molecule has 0 saturated carbocycles. The number of anilines is 2. The van der Waals surface area contributed by atoms with E-state index in [1.807, 2.05) is 12.1 Å². The van der Waals surface area contributed by atoms with Gasteiger partial charge in [-0.2, -0.15) is 0 Å². The van der Waals surface area contributed by atoms with Crippen LogP contribution < -0.4 is 21.1 Å². The van der Waals surface area contributed by atoms with Gasteiger partial charge in [0.15, 0.2) is 0 Å². The van der Waals surface area contributed by atoms with Crippen LogP contribution >= 0.6 is 11.6 Å². The molecule has 9 heteroatoms. The first-order chi connectivity index (χ1) is 16.5. The zero-order chi connectivity index (χ0) is 23.2. The van der Waals surface area contributed by atoms with Gasteiger partial charge >= 0.3 is 0 Å². The zero-order valence-electron chi connectivity index (χ0n) is 19.1. The fraction of sp³-hybridized carbons (Fsp3) is 0.360. The Kier molecular flexibility index (Phi) is 5.44. The molecule has 2 aliphatic rings. The highest BCUT2D eigenvalue weighted by Gasteiger charge is 2.23. The Bertz CT molecular complexity index is 1410. The minimum Gasteiger partial charge on any atom is -0.380 e. The standard InChI is InChI=1S/C25H28ClN7O/c1-32-8-10-33(11-9-32)17-3-5-20-21(13-17)30-24(29-20)22-23(28-16-6-7-27-14-16)18-12-15(26)2-4-19(18)31-25(22)34/h2-5,12-13,16,27H,6-11,14H2,1H3,(H,29,30)(H2,28,31,34). The maximum atomic E-state index is 13.3. The number of hydrogen-bond donors (Lipinski definition) is 4. The Balaban J connectivity index is 1.46. The van der Waals surface area contributed by atoms with Crippen molar-refractivity contribution in [3.8, 4) is 11.4 Å². The maximum Gasteiger partial charge on any atom is 0.261 e. The molecule has 2 aromatic heterocycles. The molecule has 2 fully saturated rings. The van der Waals surface area contributed by atoms with Crippen LogP contribution in [0.5, 0.6) is 0 Å². The number of H-pyrrole nitrogens is 2. The van der Waals surface area contributed by atoms with E-state index in [2.05, 4.69) is 55.6 Å². The molecule has 4 N–H and O–H groups in total. The number of halogens is 1. The van der Waals surface area contributed by atoms with Crippen LogP contribution in [0.1, 0.15) is 6.42 Å². The lowest BCUT2D eigenvalue weighted by atomic mass is 10.1. The molecule has 0 spiro atoms. The first-order valence-corrected chi connectivity index (χ1v) is 12.2. The fourth-order valence-corrected chi connectivity index (χ4v) is 5.17. The summed E-state index contributed by atoms with van der Waals surface area (Å²) in [6.45, 7) is 5.88. The molecular weight excluding hydrogens is 450 g/mol. The Morgan fingerprint density at radius 1 is 1.06 bits per heavy atom. The molecule has 4 aromatic rings. The lowest BCUT2D eigenvalue weighted by Gasteiger charge is -2.34. The van der Waals surface area contributed by atoms with E-state index in [1.54, 1.807) is 6.07 Å². The van der Waals surface area contributed by atoms with Gasteiger partial charge in [0.2, 0.25) is 0 Å². The van der Waals surface area contributed by atoms with Crippen LogP contribution in [-0.4, -0.2) is 72.2 Å². The summed E-state index contributed by atoms with van der Waals surface area (Å²) < 4.78 is 0. The molecule has 0 amide bonds. The highest BCUT2D eigenvalue weighted by atomic mass is 35.5. The highest BCUT2D eigenvalue weighted by molar-refractivity contribution is 6.31. The number of aromatic nitrogens is 3. The van der Waals surface area contributed by atoms with Crippen LogP contribution in [0.3, 0.4) is 0 Å². The van der Waals surface area contributed by atoms with E-state index in [0.29, 0.717) is 16.4 Å². The minimum absolute atomic E-state index is 0.179. The number of pyridine rings is 1. The van der Waals surface area contributed by atoms with Crippen molar-refractivity contribution in [3.05, 3.63) is 51.8 Å². The van der Waals surface area contributed by atoms with Crippen molar-refractivity contribution < 1.29 is 0 Å². The average molecular weight is 478 g/mol. The van der Waals surface area contributed by atoms with E-state index in [-0.39, 0.29) is 11.6 Å². The first kappa shape index (κ1) is 21.5. The summed E-state index contributed by atoms with van der Waals surface area (Å²) in [7, 11) is 2.15. The van der Waals surface area contributed by atoms with Gasteiger partial charge in [-0.3, -0.25) is 4.79 Å². The second kappa shape index (κ2) is 8.61. The van der Waals surface area contributed by atoms with Gasteiger partial charge in [0.05, 0.1) is 22.2 Å². The Morgan fingerprint density at radius 2 is 1.88 bits per heavy atom. The molecule has 0 bridgehead atoms. The third-order valence-corrected chi connectivity index (χ3v) is 7.19. The van der Waals surface area contributed by atoms with E-state index in [9.17, 15) is 4.79 Å². The second-order valence-electron chi connectivity index (χ2n) is 9.31. The quantitative estimate of drug-likeness (QED) is 0.360. The normalized spacial score (nSPS) is 19.4. The minimum atomic E-state index is -0.179. The molecule has 8 nitrogen and oxygen atoms in total. The number of benzene rings is 2. The lowest BCUT2D eigenvalue weighted by molar-refractivity contribution is 0.313. The number of piperazine rings is 1. The van der Waals surface area contributed by atoms with Crippen molar-refractivity contribution >= 4 is 44.9 Å². The zero-order valence-corrected chi connectivity index (χ0v) is 19.9. The first-order valence-electron chi connectivity index (χ1n) is 11.8. The third-order valence-electron chi connectivity index (χ3n) is 6.96. The van der Waals surface area contributed by atoms with Gasteiger partial charge in [-0.25, -0.2) is 4.98 Å². The number of nitrogens with zero attached hydrogens (tertiary/aromatic N) is 3. The van der Waals surface area contributed by atoms with Crippen molar-refractivity contribution in [2.75, 3.05) is 56.5 Å². The molecule has 0 aliphatic carbocycles. The molecule has 2 saturated heterocycles. The Morgan fingerprint density at radius 3 is 2.68 bits per heavy atom. The van der Waals surface area contributed by atoms with E-state index < -0.39 is 0 Å². The molecular formula is C25H28ClN7O. The van der Waals surface area contributed by atoms with Crippen LogP contribution in [0.15, 0.2) is 41.2 Å². The summed E-state index contributed by atoms with van der Waals surface area (Å²) >= 11 is 6.35. The van der Waals surface area contributed by atoms with Crippen molar-refractivity contribution in [1.82, 2.24) is 25.2 Å². The van der Waals surface area contributed by atoms with E-state index >= 15 is 0 Å². The summed E-state index contributed by atoms with van der Waals surface area (Å²) in [6.07, 6.45) is 0.989. The highest BCUT2D eigenvalue weighted by Crippen LogP contribution is 2.34. The van der Waals surface area contributed by atoms with Crippen LogP contribution in [0.4, 0.5) is 11.4 Å². The van der Waals surface area contributed by atoms with Crippen molar-refractivity contribution in [1.29, 1.82) is 0 Å². The number of rotatable bonds is 4. The lowest BCUT2D eigenvalue weighted by Crippen LogP contribution is -2.44. The third kappa shape index (κ3) is 3.91. The molecule has 176 valence electrons. The molecule has 2 aliphatic heterocycles. The van der Waals surface area contributed by atoms with E-state index in [4.69, 9.17) is 16.6 Å². The van der Waals surface area contributed by atoms with E-state index in [0.717, 1.165) is 79.0 Å². The summed E-state index contributed by atoms with van der Waals surface area (Å²) in [5.74, 6) is 0.558. The number of likely N-dealkylation sites (N-methyl/N-ethyl adjacent to an activating group) is 1. The van der Waals surface area contributed by atoms with Gasteiger partial charge in [0, 0.05) is 54.9 Å². The molecule has 0 radical (unpaired) electrons. The largest absolute Gasteiger partial charge is 0.380 e. The monoisotopic (exact) mass is 477 g/mol. The summed E-state index contributed by atoms with van der Waals surface area (Å²) in [5.41, 5.74) is 4.78. The van der Waals surface area contributed by atoms with Gasteiger partial charge < -0.3 is 30.4 Å². The second-order valence-corrected chi connectivity index (χ2v) is 9.74. The number of nitrogens with one attached hydrogen (secondary N) is 4. The number of aromatic amines is 2. The fourth-order valence-electron chi connectivity index (χ4n) is 5.00. The van der Waals surface area contributed by atoms with Crippen LogP contribution in [0.25, 0.3) is 33.3 Å². The van der Waals surface area contributed by atoms with Crippen LogP contribution in [0.2, 0.25) is 5.02 Å². The number of fused-ring (bicyclic) bond motifs is 2. The van der Waals surface area contributed by atoms with Gasteiger partial charge in [0.25, 0.3) is 5.56 Å². The summed E-state index contributed by atoms with van der Waals surface area (Å²) in [5, 5.41) is 8.50. The van der Waals surface area contributed by atoms with Gasteiger partial charge in [-0.05, 0) is 56.4 Å². The average Bonchev–Trinajstić information content (AvgIpc) is 3.49. The van der Waals surface area contributed by atoms with Gasteiger partial charge in [-0.1, -0.05) is 11.6 Å². The maximum absolute atomic E-state index is 13.3. The van der Waals surface area contributed by atoms with Crippen molar-refractivity contribution in [2.24, 2.45) is 0 Å². The van der Waals surface area contributed by atoms with Gasteiger partial charge in [0.1, 0.15) is 11.4 Å². The summed E-state index contributed by atoms with van der Waals surface area (Å²) in [6, 6.07) is 12.1.